The molecule has 1 heterocycles. The third-order valence-corrected chi connectivity index (χ3v) is 8.99. The van der Waals surface area contributed by atoms with Crippen LogP contribution >= 0.6 is 0 Å². The number of rotatable bonds is 20. The van der Waals surface area contributed by atoms with Gasteiger partial charge in [-0.2, -0.15) is 26.3 Å². The molecular weight excluding hydrogens is 686 g/mol. The van der Waals surface area contributed by atoms with Crippen molar-refractivity contribution in [2.24, 2.45) is 0 Å². The first-order chi connectivity index (χ1) is 24.8. The van der Waals surface area contributed by atoms with E-state index >= 15 is 0 Å². The second kappa shape index (κ2) is 18.7. The molecule has 286 valence electrons. The molecule has 0 radical (unpaired) electrons. The van der Waals surface area contributed by atoms with Crippen LogP contribution in [0.5, 0.6) is 23.0 Å². The smallest absolute Gasteiger partial charge is 0.416 e. The van der Waals surface area contributed by atoms with Gasteiger partial charge in [-0.05, 0) is 87.9 Å². The molecule has 0 bridgehead atoms. The number of alkyl halides is 6. The Hall–Kier alpha value is -3.97. The van der Waals surface area contributed by atoms with Crippen LogP contribution < -0.4 is 14.2 Å². The normalized spacial score (nSPS) is 12.3. The van der Waals surface area contributed by atoms with Crippen LogP contribution in [-0.2, 0) is 18.9 Å². The minimum atomic E-state index is -4.98. The van der Waals surface area contributed by atoms with Gasteiger partial charge < -0.3 is 28.6 Å². The van der Waals surface area contributed by atoms with E-state index in [-0.39, 0.29) is 11.8 Å². The summed E-state index contributed by atoms with van der Waals surface area (Å²) in [6.07, 6.45) is -6.47. The van der Waals surface area contributed by atoms with Crippen LogP contribution in [0, 0.1) is 0 Å². The summed E-state index contributed by atoms with van der Waals surface area (Å²) in [7, 11) is 0. The Labute approximate surface area is 302 Å². The first-order valence-corrected chi connectivity index (χ1v) is 18.1. The molecule has 0 amide bonds. The average molecular weight is 737 g/mol. The van der Waals surface area contributed by atoms with E-state index in [0.29, 0.717) is 60.3 Å². The number of fused-ring (bicyclic) bond motifs is 1. The zero-order valence-corrected chi connectivity index (χ0v) is 30.7. The maximum atomic E-state index is 13.4. The highest BCUT2D eigenvalue weighted by atomic mass is 19.4. The van der Waals surface area contributed by atoms with Crippen LogP contribution in [-0.4, -0.2) is 71.8 Å². The molecule has 0 fully saturated rings. The second-order valence-electron chi connectivity index (χ2n) is 12.6. The molecule has 52 heavy (non-hydrogen) atoms. The van der Waals surface area contributed by atoms with E-state index < -0.39 is 29.2 Å². The number of nitrogens with zero attached hydrogens (tertiary/aromatic N) is 4. The van der Waals surface area contributed by atoms with Gasteiger partial charge in [0.15, 0.2) is 5.75 Å². The summed E-state index contributed by atoms with van der Waals surface area (Å²) in [5.74, 6) is 1.43. The summed E-state index contributed by atoms with van der Waals surface area (Å²) in [5.41, 5.74) is -0.691. The number of hydrogen-bond donors (Lipinski definition) is 0. The summed E-state index contributed by atoms with van der Waals surface area (Å²) in [6.45, 7) is 18.0. The standard InChI is InChI=1S/C39H50F6N4O3/c1-6-11-20-49-34-26-32(50-21-12-18-47(7-2)8-3)27-35(51-22-13-19-48(9-4)10-5)36(34)46-37(49)28-14-16-31(17-15-28)52-33-24-29(38(40,41)42)23-30(25-33)39(43,44)45/h14-17,23-27H,6-13,18-22H2,1-5H3. The van der Waals surface area contributed by atoms with E-state index in [0.717, 1.165) is 70.5 Å². The molecule has 7 nitrogen and oxygen atoms in total. The maximum Gasteiger partial charge on any atom is 0.416 e. The highest BCUT2D eigenvalue weighted by Crippen LogP contribution is 2.40. The molecule has 0 spiro atoms. The van der Waals surface area contributed by atoms with E-state index in [1.807, 2.05) is 12.1 Å². The minimum absolute atomic E-state index is 0.0720. The van der Waals surface area contributed by atoms with Gasteiger partial charge in [-0.25, -0.2) is 4.98 Å². The molecule has 4 aromatic rings. The molecule has 13 heteroatoms. The number of unbranched alkanes of at least 4 members (excludes halogenated alkanes) is 1. The van der Waals surface area contributed by atoms with Crippen LogP contribution in [0.15, 0.2) is 54.6 Å². The summed E-state index contributed by atoms with van der Waals surface area (Å²) in [6, 6.07) is 11.4. The molecule has 0 aliphatic carbocycles. The highest BCUT2D eigenvalue weighted by molar-refractivity contribution is 5.87. The first-order valence-electron chi connectivity index (χ1n) is 18.1. The zero-order valence-electron chi connectivity index (χ0n) is 30.7. The van der Waals surface area contributed by atoms with Gasteiger partial charge in [-0.15, -0.1) is 0 Å². The van der Waals surface area contributed by atoms with Gasteiger partial charge >= 0.3 is 12.4 Å². The highest BCUT2D eigenvalue weighted by Gasteiger charge is 2.37. The van der Waals surface area contributed by atoms with Gasteiger partial charge in [0.25, 0.3) is 0 Å². The SMILES string of the molecule is CCCCn1c(-c2ccc(Oc3cc(C(F)(F)F)cc(C(F)(F)F)c3)cc2)nc2c(OCCCN(CC)CC)cc(OCCCN(CC)CC)cc21. The largest absolute Gasteiger partial charge is 0.493 e. The quantitative estimate of drug-likeness (QED) is 0.0665. The Balaban J connectivity index is 1.67. The van der Waals surface area contributed by atoms with Crippen molar-refractivity contribution in [3.05, 3.63) is 65.7 Å². The Bertz CT molecular complexity index is 1670. The summed E-state index contributed by atoms with van der Waals surface area (Å²) < 4.78 is 101. The van der Waals surface area contributed by atoms with Gasteiger partial charge in [0, 0.05) is 37.3 Å². The van der Waals surface area contributed by atoms with Crippen molar-refractivity contribution in [3.63, 3.8) is 0 Å². The third kappa shape index (κ3) is 11.0. The molecule has 4 rings (SSSR count). The fourth-order valence-electron chi connectivity index (χ4n) is 5.94. The predicted octanol–water partition coefficient (Wildman–Crippen LogP) is 10.6. The molecule has 3 aromatic carbocycles. The predicted molar refractivity (Wildman–Crippen MR) is 192 cm³/mol. The molecule has 0 saturated heterocycles. The fraction of sp³-hybridized carbons (Fsp3) is 0.513. The Kier molecular flexibility index (Phi) is 14.7. The zero-order chi connectivity index (χ0) is 37.9. The molecule has 0 aliphatic rings. The lowest BCUT2D eigenvalue weighted by atomic mass is 10.1. The van der Waals surface area contributed by atoms with Crippen molar-refractivity contribution >= 4 is 11.0 Å². The second-order valence-corrected chi connectivity index (χ2v) is 12.6. The molecule has 0 N–H and O–H groups in total. The molecule has 0 atom stereocenters. The van der Waals surface area contributed by atoms with Crippen molar-refractivity contribution in [2.45, 2.75) is 79.2 Å². The fourth-order valence-corrected chi connectivity index (χ4v) is 5.94. The van der Waals surface area contributed by atoms with Crippen LogP contribution in [0.1, 0.15) is 71.4 Å². The number of aryl methyl sites for hydroxylation is 1. The van der Waals surface area contributed by atoms with E-state index in [4.69, 9.17) is 19.2 Å². The first kappa shape index (κ1) is 40.8. The third-order valence-electron chi connectivity index (χ3n) is 8.99. The van der Waals surface area contributed by atoms with Gasteiger partial charge in [0.1, 0.15) is 28.6 Å². The van der Waals surface area contributed by atoms with Crippen LogP contribution in [0.3, 0.4) is 0 Å². The number of hydrogen-bond acceptors (Lipinski definition) is 6. The topological polar surface area (TPSA) is 52.0 Å². The van der Waals surface area contributed by atoms with Crippen molar-refractivity contribution in [3.8, 4) is 34.4 Å². The number of aromatic nitrogens is 2. The van der Waals surface area contributed by atoms with Crippen molar-refractivity contribution in [1.29, 1.82) is 0 Å². The van der Waals surface area contributed by atoms with Crippen LogP contribution in [0.2, 0.25) is 0 Å². The van der Waals surface area contributed by atoms with Gasteiger partial charge in [-0.1, -0.05) is 41.0 Å². The lowest BCUT2D eigenvalue weighted by Gasteiger charge is -2.18. The van der Waals surface area contributed by atoms with Crippen LogP contribution in [0.4, 0.5) is 26.3 Å². The molecular formula is C39H50F6N4O3. The van der Waals surface area contributed by atoms with E-state index in [9.17, 15) is 26.3 Å². The number of benzene rings is 3. The van der Waals surface area contributed by atoms with Crippen LogP contribution in [0.25, 0.3) is 22.4 Å². The number of ether oxygens (including phenoxy) is 3. The van der Waals surface area contributed by atoms with Crippen molar-refractivity contribution in [1.82, 2.24) is 19.4 Å². The summed E-state index contributed by atoms with van der Waals surface area (Å²) in [4.78, 5) is 9.71. The minimum Gasteiger partial charge on any atom is -0.493 e. The lowest BCUT2D eigenvalue weighted by molar-refractivity contribution is -0.143. The summed E-state index contributed by atoms with van der Waals surface area (Å²) >= 11 is 0. The maximum absolute atomic E-state index is 13.4. The Morgan fingerprint density at radius 2 is 1.19 bits per heavy atom. The molecule has 1 aromatic heterocycles. The van der Waals surface area contributed by atoms with E-state index in [1.54, 1.807) is 12.1 Å². The van der Waals surface area contributed by atoms with Gasteiger partial charge in [0.2, 0.25) is 0 Å². The summed E-state index contributed by atoms with van der Waals surface area (Å²) in [5, 5.41) is 0. The van der Waals surface area contributed by atoms with E-state index in [2.05, 4.69) is 49.0 Å². The molecule has 0 aliphatic heterocycles. The Morgan fingerprint density at radius 1 is 0.635 bits per heavy atom. The monoisotopic (exact) mass is 736 g/mol. The van der Waals surface area contributed by atoms with Gasteiger partial charge in [0.05, 0.1) is 29.9 Å². The molecule has 0 saturated carbocycles. The number of halogens is 6. The lowest BCUT2D eigenvalue weighted by Crippen LogP contribution is -2.25. The van der Waals surface area contributed by atoms with Crippen molar-refractivity contribution in [2.75, 3.05) is 52.5 Å². The number of imidazole rings is 1. The van der Waals surface area contributed by atoms with Gasteiger partial charge in [-0.3, -0.25) is 0 Å². The molecule has 0 unspecified atom stereocenters. The van der Waals surface area contributed by atoms with E-state index in [1.165, 1.54) is 12.1 Å². The average Bonchev–Trinajstić information content (AvgIpc) is 3.48. The van der Waals surface area contributed by atoms with Crippen molar-refractivity contribution < 1.29 is 40.6 Å². The Morgan fingerprint density at radius 3 is 1.71 bits per heavy atom.